The molecular weight excluding hydrogens is 292 g/mol. The van der Waals surface area contributed by atoms with Crippen LogP contribution in [-0.4, -0.2) is 31.6 Å². The maximum atomic E-state index is 12.1. The highest BCUT2D eigenvalue weighted by Gasteiger charge is 2.28. The van der Waals surface area contributed by atoms with Crippen LogP contribution in [0.3, 0.4) is 0 Å². The molecule has 1 saturated carbocycles. The average molecular weight is 318 g/mol. The summed E-state index contributed by atoms with van der Waals surface area (Å²) in [6.45, 7) is 4.15. The fourth-order valence-corrected chi connectivity index (χ4v) is 3.12. The Morgan fingerprint density at radius 2 is 1.96 bits per heavy atom. The molecule has 1 amide bonds. The third-order valence-electron chi connectivity index (χ3n) is 4.80. The summed E-state index contributed by atoms with van der Waals surface area (Å²) in [6.07, 6.45) is 3.34. The Morgan fingerprint density at radius 3 is 2.70 bits per heavy atom. The number of esters is 1. The van der Waals surface area contributed by atoms with Crippen LogP contribution in [-0.2, 0) is 9.53 Å². The minimum Gasteiger partial charge on any atom is -0.452 e. The van der Waals surface area contributed by atoms with E-state index in [0.717, 1.165) is 12.8 Å². The molecule has 0 saturated heterocycles. The van der Waals surface area contributed by atoms with Crippen molar-refractivity contribution in [2.24, 2.45) is 11.8 Å². The first kappa shape index (κ1) is 17.3. The summed E-state index contributed by atoms with van der Waals surface area (Å²) in [4.78, 5) is 24.1. The number of hydrogen-bond donors (Lipinski definition) is 2. The zero-order chi connectivity index (χ0) is 16.8. The summed E-state index contributed by atoms with van der Waals surface area (Å²) in [7, 11) is 1.74. The standard InChI is InChI=1S/C18H26N2O3/c1-12-7-6-10-15(13(12)2)20-17(21)11-23-18(22)14-8-4-5-9-16(14)19-3/h4-5,8-9,12-13,15,19H,6-7,10-11H2,1-3H3,(H,20,21)/t12-,13-,15-/m1/s1. The van der Waals surface area contributed by atoms with Crippen LogP contribution < -0.4 is 10.6 Å². The molecular formula is C18H26N2O3. The third kappa shape index (κ3) is 4.47. The molecule has 2 N–H and O–H groups in total. The molecule has 0 aromatic heterocycles. The Morgan fingerprint density at radius 1 is 1.22 bits per heavy atom. The average Bonchev–Trinajstić information content (AvgIpc) is 2.56. The van der Waals surface area contributed by atoms with E-state index in [2.05, 4.69) is 24.5 Å². The first-order chi connectivity index (χ1) is 11.0. The highest BCUT2D eigenvalue weighted by atomic mass is 16.5. The third-order valence-corrected chi connectivity index (χ3v) is 4.80. The number of benzene rings is 1. The lowest BCUT2D eigenvalue weighted by molar-refractivity contribution is -0.125. The van der Waals surface area contributed by atoms with Crippen LogP contribution in [0, 0.1) is 11.8 Å². The second-order valence-electron chi connectivity index (χ2n) is 6.31. The van der Waals surface area contributed by atoms with Crippen LogP contribution in [0.2, 0.25) is 0 Å². The van der Waals surface area contributed by atoms with E-state index in [1.165, 1.54) is 6.42 Å². The van der Waals surface area contributed by atoms with Crippen LogP contribution in [0.25, 0.3) is 0 Å². The largest absolute Gasteiger partial charge is 0.452 e. The predicted octanol–water partition coefficient (Wildman–Crippen LogP) is 2.83. The predicted molar refractivity (Wildman–Crippen MR) is 90.4 cm³/mol. The van der Waals surface area contributed by atoms with Gasteiger partial charge in [-0.05, 0) is 30.4 Å². The number of anilines is 1. The van der Waals surface area contributed by atoms with E-state index < -0.39 is 5.97 Å². The van der Waals surface area contributed by atoms with Gasteiger partial charge in [-0.3, -0.25) is 4.79 Å². The normalized spacial score (nSPS) is 23.9. The lowest BCUT2D eigenvalue weighted by Crippen LogP contribution is -2.45. The van der Waals surface area contributed by atoms with Gasteiger partial charge in [0.1, 0.15) is 0 Å². The summed E-state index contributed by atoms with van der Waals surface area (Å²) in [5, 5.41) is 5.94. The maximum Gasteiger partial charge on any atom is 0.340 e. The summed E-state index contributed by atoms with van der Waals surface area (Å²) in [5.74, 6) is 0.342. The van der Waals surface area contributed by atoms with E-state index >= 15 is 0 Å². The van der Waals surface area contributed by atoms with E-state index in [4.69, 9.17) is 4.74 Å². The van der Waals surface area contributed by atoms with Crippen LogP contribution in [0.4, 0.5) is 5.69 Å². The molecule has 0 spiro atoms. The molecule has 5 nitrogen and oxygen atoms in total. The van der Waals surface area contributed by atoms with Gasteiger partial charge in [0.25, 0.3) is 5.91 Å². The molecule has 0 unspecified atom stereocenters. The topological polar surface area (TPSA) is 67.4 Å². The molecule has 1 aromatic carbocycles. The number of ether oxygens (including phenoxy) is 1. The zero-order valence-electron chi connectivity index (χ0n) is 14.1. The maximum absolute atomic E-state index is 12.1. The lowest BCUT2D eigenvalue weighted by atomic mass is 9.78. The SMILES string of the molecule is CNc1ccccc1C(=O)OCC(=O)N[C@@H]1CCC[C@@H](C)[C@H]1C. The first-order valence-corrected chi connectivity index (χ1v) is 8.26. The number of rotatable bonds is 5. The Hall–Kier alpha value is -2.04. The van der Waals surface area contributed by atoms with Crippen molar-refractivity contribution in [1.82, 2.24) is 5.32 Å². The number of para-hydroxylation sites is 1. The van der Waals surface area contributed by atoms with Crippen molar-refractivity contribution in [1.29, 1.82) is 0 Å². The van der Waals surface area contributed by atoms with Gasteiger partial charge in [-0.25, -0.2) is 4.79 Å². The van der Waals surface area contributed by atoms with Crippen molar-refractivity contribution in [2.45, 2.75) is 39.2 Å². The molecule has 126 valence electrons. The van der Waals surface area contributed by atoms with E-state index in [-0.39, 0.29) is 18.6 Å². The highest BCUT2D eigenvalue weighted by Crippen LogP contribution is 2.29. The van der Waals surface area contributed by atoms with E-state index in [1.807, 2.05) is 6.07 Å². The lowest BCUT2D eigenvalue weighted by Gasteiger charge is -2.34. The smallest absolute Gasteiger partial charge is 0.340 e. The van der Waals surface area contributed by atoms with Crippen molar-refractivity contribution < 1.29 is 14.3 Å². The van der Waals surface area contributed by atoms with Crippen molar-refractivity contribution in [3.8, 4) is 0 Å². The Bertz CT molecular complexity index is 559. The summed E-state index contributed by atoms with van der Waals surface area (Å²) < 4.78 is 5.15. The van der Waals surface area contributed by atoms with Crippen molar-refractivity contribution in [3.05, 3.63) is 29.8 Å². The second kappa shape index (κ2) is 7.99. The number of carbonyl (C=O) groups excluding carboxylic acids is 2. The van der Waals surface area contributed by atoms with E-state index in [0.29, 0.717) is 23.1 Å². The number of hydrogen-bond acceptors (Lipinski definition) is 4. The zero-order valence-corrected chi connectivity index (χ0v) is 14.1. The van der Waals surface area contributed by atoms with Gasteiger partial charge in [-0.2, -0.15) is 0 Å². The fraction of sp³-hybridized carbons (Fsp3) is 0.556. The van der Waals surface area contributed by atoms with E-state index in [9.17, 15) is 9.59 Å². The van der Waals surface area contributed by atoms with Gasteiger partial charge in [0, 0.05) is 18.8 Å². The van der Waals surface area contributed by atoms with Gasteiger partial charge >= 0.3 is 5.97 Å². The monoisotopic (exact) mass is 318 g/mol. The minimum absolute atomic E-state index is 0.176. The van der Waals surface area contributed by atoms with Gasteiger partial charge in [-0.1, -0.05) is 38.8 Å². The Balaban J connectivity index is 1.85. The molecule has 23 heavy (non-hydrogen) atoms. The van der Waals surface area contributed by atoms with Gasteiger partial charge in [0.05, 0.1) is 5.56 Å². The molecule has 1 aliphatic carbocycles. The second-order valence-corrected chi connectivity index (χ2v) is 6.31. The van der Waals surface area contributed by atoms with Gasteiger partial charge < -0.3 is 15.4 Å². The van der Waals surface area contributed by atoms with Gasteiger partial charge in [0.2, 0.25) is 0 Å². The quantitative estimate of drug-likeness (QED) is 0.819. The Labute approximate surface area is 137 Å². The van der Waals surface area contributed by atoms with Crippen LogP contribution in [0.15, 0.2) is 24.3 Å². The summed E-state index contributed by atoms with van der Waals surface area (Å²) in [6, 6.07) is 7.25. The molecule has 3 atom stereocenters. The van der Waals surface area contributed by atoms with Gasteiger partial charge in [-0.15, -0.1) is 0 Å². The van der Waals surface area contributed by atoms with Crippen LogP contribution in [0.1, 0.15) is 43.5 Å². The van der Waals surface area contributed by atoms with Crippen molar-refractivity contribution in [3.63, 3.8) is 0 Å². The van der Waals surface area contributed by atoms with Crippen LogP contribution >= 0.6 is 0 Å². The molecule has 5 heteroatoms. The van der Waals surface area contributed by atoms with E-state index in [1.54, 1.807) is 25.2 Å². The molecule has 0 aliphatic heterocycles. The number of amides is 1. The van der Waals surface area contributed by atoms with Crippen molar-refractivity contribution in [2.75, 3.05) is 19.0 Å². The van der Waals surface area contributed by atoms with Gasteiger partial charge in [0.15, 0.2) is 6.61 Å². The molecule has 1 aromatic rings. The summed E-state index contributed by atoms with van der Waals surface area (Å²) in [5.41, 5.74) is 1.12. The molecule has 0 heterocycles. The Kier molecular flexibility index (Phi) is 6.02. The fourth-order valence-electron chi connectivity index (χ4n) is 3.12. The number of carbonyl (C=O) groups is 2. The van der Waals surface area contributed by atoms with Crippen molar-refractivity contribution >= 4 is 17.6 Å². The highest BCUT2D eigenvalue weighted by molar-refractivity contribution is 5.96. The molecule has 1 aliphatic rings. The molecule has 0 bridgehead atoms. The number of nitrogens with one attached hydrogen (secondary N) is 2. The molecule has 2 rings (SSSR count). The summed E-state index contributed by atoms with van der Waals surface area (Å²) >= 11 is 0. The van der Waals surface area contributed by atoms with Crippen LogP contribution in [0.5, 0.6) is 0 Å². The molecule has 1 fully saturated rings. The first-order valence-electron chi connectivity index (χ1n) is 8.26. The molecule has 0 radical (unpaired) electrons. The minimum atomic E-state index is -0.491.